The van der Waals surface area contributed by atoms with E-state index < -0.39 is 0 Å². The van der Waals surface area contributed by atoms with E-state index in [1.165, 1.54) is 24.3 Å². The van der Waals surface area contributed by atoms with Crippen molar-refractivity contribution in [3.63, 3.8) is 0 Å². The van der Waals surface area contributed by atoms with Crippen LogP contribution in [0.3, 0.4) is 0 Å². The molecule has 16 rings (SSSR count). The SMILES string of the molecule is O=Cc1ccc(F)cc1.O=Cc1ccc(Oc2cccc(-c3ccc(N(c4ccc(-c5cccc(Oc6ccc(C=O)cc6)c5)cc4)c4ccc(-c5cccc(Oc6ccc(C=O)cc6)c5)cc4)cc3)c2)cc1.Oc1cccc(-c2ccc(N(c3ccc(-c4cccc(O)c4)cc3)c3ccc(-c4cccc(O)c4)cc3)cc2)c1. The van der Waals surface area contributed by atoms with Gasteiger partial charge in [-0.25, -0.2) is 4.39 Å². The molecule has 0 spiro atoms. The van der Waals surface area contributed by atoms with Crippen molar-refractivity contribution in [3.8, 4) is 119 Å². The van der Waals surface area contributed by atoms with Gasteiger partial charge >= 0.3 is 0 Å². The molecule has 0 heterocycles. The number of carbonyl (C=O) groups excluding carboxylic acids is 4. The Kier molecular flexibility index (Phi) is 23.4. The lowest BCUT2D eigenvalue weighted by Gasteiger charge is -2.26. The number of anilines is 6. The Balaban J connectivity index is 0.000000182. The zero-order valence-electron chi connectivity index (χ0n) is 60.7. The van der Waals surface area contributed by atoms with Gasteiger partial charge in [0.2, 0.25) is 0 Å². The number of phenols is 3. The number of ether oxygens (including phenoxy) is 3. The van der Waals surface area contributed by atoms with Crippen LogP contribution in [-0.4, -0.2) is 40.5 Å². The van der Waals surface area contributed by atoms with E-state index in [1.54, 1.807) is 109 Å². The van der Waals surface area contributed by atoms with Crippen LogP contribution in [0.4, 0.5) is 38.5 Å². The Morgan fingerprint density at radius 1 is 0.204 bits per heavy atom. The minimum Gasteiger partial charge on any atom is -0.508 e. The number of hydrogen-bond acceptors (Lipinski definition) is 12. The highest BCUT2D eigenvalue weighted by atomic mass is 19.1. The molecule has 0 bridgehead atoms. The van der Waals surface area contributed by atoms with Crippen molar-refractivity contribution in [1.82, 2.24) is 0 Å². The molecule has 0 aliphatic carbocycles. The molecule has 0 atom stereocenters. The van der Waals surface area contributed by atoms with Crippen molar-refractivity contribution >= 4 is 59.3 Å². The molecule has 0 radical (unpaired) electrons. The Labute approximate surface area is 653 Å². The van der Waals surface area contributed by atoms with Crippen LogP contribution < -0.4 is 24.0 Å². The summed E-state index contributed by atoms with van der Waals surface area (Å²) < 4.78 is 30.5. The smallest absolute Gasteiger partial charge is 0.150 e. The zero-order chi connectivity index (χ0) is 77.8. The van der Waals surface area contributed by atoms with Crippen molar-refractivity contribution in [2.75, 3.05) is 9.80 Å². The minimum absolute atomic E-state index is 0.238. The summed E-state index contributed by atoms with van der Waals surface area (Å²) in [4.78, 5) is 47.8. The van der Waals surface area contributed by atoms with E-state index in [4.69, 9.17) is 14.2 Å². The first-order valence-corrected chi connectivity index (χ1v) is 36.2. The van der Waals surface area contributed by atoms with Gasteiger partial charge in [0.25, 0.3) is 0 Å². The molecule has 12 nitrogen and oxygen atoms in total. The average molecular weight is 1480 g/mol. The highest BCUT2D eigenvalue weighted by molar-refractivity contribution is 5.85. The quantitative estimate of drug-likeness (QED) is 0.0551. The lowest BCUT2D eigenvalue weighted by atomic mass is 10.0. The number of hydrogen-bond donors (Lipinski definition) is 3. The summed E-state index contributed by atoms with van der Waals surface area (Å²) in [5.74, 6) is 4.42. The van der Waals surface area contributed by atoms with Crippen LogP contribution in [0.15, 0.2) is 388 Å². The van der Waals surface area contributed by atoms with Crippen molar-refractivity contribution in [2.24, 2.45) is 0 Å². The van der Waals surface area contributed by atoms with Crippen LogP contribution in [0.2, 0.25) is 0 Å². The second kappa shape index (κ2) is 35.5. The second-order valence-corrected chi connectivity index (χ2v) is 26.2. The van der Waals surface area contributed by atoms with Gasteiger partial charge in [0.15, 0.2) is 0 Å². The van der Waals surface area contributed by atoms with Crippen LogP contribution >= 0.6 is 0 Å². The van der Waals surface area contributed by atoms with E-state index in [1.807, 2.05) is 91.0 Å². The topological polar surface area (TPSA) is 163 Å². The van der Waals surface area contributed by atoms with E-state index >= 15 is 0 Å². The summed E-state index contributed by atoms with van der Waals surface area (Å²) in [6, 6.07) is 122. The second-order valence-electron chi connectivity index (χ2n) is 26.2. The van der Waals surface area contributed by atoms with Crippen molar-refractivity contribution in [2.45, 2.75) is 0 Å². The van der Waals surface area contributed by atoms with E-state index in [-0.39, 0.29) is 23.1 Å². The number of nitrogens with zero attached hydrogens (tertiary/aromatic N) is 2. The average Bonchev–Trinajstić information content (AvgIpc) is 0.794. The van der Waals surface area contributed by atoms with Crippen molar-refractivity contribution in [1.29, 1.82) is 0 Å². The normalized spacial score (nSPS) is 10.6. The fraction of sp³-hybridized carbons (Fsp3) is 0. The molecule has 0 aliphatic rings. The van der Waals surface area contributed by atoms with Gasteiger partial charge in [0.05, 0.1) is 0 Å². The van der Waals surface area contributed by atoms with Gasteiger partial charge in [-0.2, -0.15) is 0 Å². The Bertz CT molecular complexity index is 5380. The molecule has 113 heavy (non-hydrogen) atoms. The molecule has 0 aromatic heterocycles. The van der Waals surface area contributed by atoms with Gasteiger partial charge in [-0.3, -0.25) is 19.2 Å². The largest absolute Gasteiger partial charge is 0.508 e. The number of rotatable bonds is 22. The molecular weight excluding hydrogens is 1410 g/mol. The lowest BCUT2D eigenvalue weighted by molar-refractivity contribution is 0.111. The molecule has 13 heteroatoms. The molecule has 0 saturated carbocycles. The molecule has 0 fully saturated rings. The molecule has 0 saturated heterocycles. The predicted octanol–water partition coefficient (Wildman–Crippen LogP) is 25.9. The molecule has 0 amide bonds. The maximum atomic E-state index is 12.1. The Morgan fingerprint density at radius 3 is 0.602 bits per heavy atom. The summed E-state index contributed by atoms with van der Waals surface area (Å²) in [5, 5.41) is 29.8. The van der Waals surface area contributed by atoms with Gasteiger partial charge in [0.1, 0.15) is 82.7 Å². The Morgan fingerprint density at radius 2 is 0.398 bits per heavy atom. The van der Waals surface area contributed by atoms with Gasteiger partial charge < -0.3 is 39.3 Å². The summed E-state index contributed by atoms with van der Waals surface area (Å²) in [6.45, 7) is 0. The molecule has 16 aromatic carbocycles. The van der Waals surface area contributed by atoms with Gasteiger partial charge in [-0.1, -0.05) is 146 Å². The maximum absolute atomic E-state index is 12.1. The van der Waals surface area contributed by atoms with Crippen LogP contribution in [0.1, 0.15) is 41.4 Å². The summed E-state index contributed by atoms with van der Waals surface area (Å²) >= 11 is 0. The summed E-state index contributed by atoms with van der Waals surface area (Å²) in [6.07, 6.45) is 3.12. The number of halogens is 1. The van der Waals surface area contributed by atoms with Crippen LogP contribution in [-0.2, 0) is 0 Å². The monoisotopic (exact) mass is 1480 g/mol. The lowest BCUT2D eigenvalue weighted by Crippen LogP contribution is -2.09. The number of phenolic OH excluding ortho intramolecular Hbond substituents is 3. The summed E-state index contributed by atoms with van der Waals surface area (Å²) in [5.41, 5.74) is 20.1. The molecule has 3 N–H and O–H groups in total. The van der Waals surface area contributed by atoms with E-state index in [2.05, 4.69) is 174 Å². The first kappa shape index (κ1) is 74.4. The molecule has 548 valence electrons. The number of carbonyl (C=O) groups is 4. The van der Waals surface area contributed by atoms with Gasteiger partial charge in [-0.05, 0) is 309 Å². The number of benzene rings is 16. The van der Waals surface area contributed by atoms with Crippen LogP contribution in [0, 0.1) is 5.82 Å². The number of aromatic hydroxyl groups is 3. The van der Waals surface area contributed by atoms with Crippen molar-refractivity contribution < 1.29 is 53.1 Å². The minimum atomic E-state index is -0.319. The molecule has 16 aromatic rings. The van der Waals surface area contributed by atoms with E-state index in [9.17, 15) is 38.9 Å². The molecule has 0 unspecified atom stereocenters. The fourth-order valence-electron chi connectivity index (χ4n) is 12.8. The highest BCUT2D eigenvalue weighted by Gasteiger charge is 2.18. The Hall–Kier alpha value is -15.5. The fourth-order valence-corrected chi connectivity index (χ4v) is 12.8. The molecular formula is C100H71FN2O10. The third-order valence-electron chi connectivity index (χ3n) is 18.6. The molecule has 0 aliphatic heterocycles. The van der Waals surface area contributed by atoms with E-state index in [0.29, 0.717) is 63.0 Å². The van der Waals surface area contributed by atoms with Crippen LogP contribution in [0.5, 0.6) is 51.7 Å². The van der Waals surface area contributed by atoms with E-state index in [0.717, 1.165) is 120 Å². The summed E-state index contributed by atoms with van der Waals surface area (Å²) in [7, 11) is 0. The number of aldehydes is 4. The van der Waals surface area contributed by atoms with Crippen LogP contribution in [0.25, 0.3) is 66.8 Å². The first-order chi connectivity index (χ1) is 55.3. The maximum Gasteiger partial charge on any atom is 0.150 e. The first-order valence-electron chi connectivity index (χ1n) is 36.2. The van der Waals surface area contributed by atoms with Gasteiger partial charge in [-0.15, -0.1) is 0 Å². The highest BCUT2D eigenvalue weighted by Crippen LogP contribution is 2.42. The third-order valence-corrected chi connectivity index (χ3v) is 18.6. The standard InChI is InChI=1S/C57H39NO6.C36H27NO3.C7H5FO/c59-37-40-10-28-52(29-11-40)62-55-7-1-4-46(34-55)43-16-22-49(23-17-43)58(50-24-18-44(19-25-50)47-5-2-8-56(35-47)63-53-30-12-41(38-60)13-31-53)51-26-20-45(21-27-51)48-6-3-9-57(36-48)64-54-32-14-42(39-61)15-33-54;38-34-7-1-4-28(22-34)25-10-16-31(17-11-25)37(32-18-12-26(13-19-32)29-5-2-8-35(39)23-29)33-20-14-27(15-21-33)30-6-3-9-36(40)24-30;8-7-3-1-6(5-9)2-4-7/h1-39H;1-24,38-40H;1-5H. The zero-order valence-corrected chi connectivity index (χ0v) is 60.7. The predicted molar refractivity (Wildman–Crippen MR) is 447 cm³/mol. The van der Waals surface area contributed by atoms with Crippen molar-refractivity contribution in [3.05, 3.63) is 416 Å². The van der Waals surface area contributed by atoms with Gasteiger partial charge in [0, 0.05) is 56.4 Å². The third kappa shape index (κ3) is 19.1.